The summed E-state index contributed by atoms with van der Waals surface area (Å²) in [5.41, 5.74) is 0.366. The maximum absolute atomic E-state index is 5.54. The van der Waals surface area contributed by atoms with Crippen molar-refractivity contribution in [3.8, 4) is 0 Å². The maximum atomic E-state index is 5.54. The lowest BCUT2D eigenvalue weighted by Gasteiger charge is -2.39. The van der Waals surface area contributed by atoms with Crippen molar-refractivity contribution in [2.45, 2.75) is 45.1 Å². The zero-order valence-electron chi connectivity index (χ0n) is 9.75. The van der Waals surface area contributed by atoms with Crippen LogP contribution in [0.15, 0.2) is 22.8 Å². The normalized spacial score (nSPS) is 22.5. The number of nitrogens with one attached hydrogen (secondary N) is 1. The van der Waals surface area contributed by atoms with Gasteiger partial charge in [-0.15, -0.1) is 0 Å². The molecule has 0 amide bonds. The standard InChI is InChI=1S/C13H21NO/c1-13(8-4-3-5-9-13)12(14-2)11-7-6-10-15-11/h6-7,10,12,14H,3-5,8-9H2,1-2H3. The van der Waals surface area contributed by atoms with E-state index in [1.54, 1.807) is 6.26 Å². The van der Waals surface area contributed by atoms with Crippen LogP contribution in [0.25, 0.3) is 0 Å². The highest BCUT2D eigenvalue weighted by Gasteiger charge is 2.36. The maximum Gasteiger partial charge on any atom is 0.121 e. The van der Waals surface area contributed by atoms with E-state index in [9.17, 15) is 0 Å². The largest absolute Gasteiger partial charge is 0.468 e. The summed E-state index contributed by atoms with van der Waals surface area (Å²) in [5, 5.41) is 3.42. The van der Waals surface area contributed by atoms with Gasteiger partial charge in [-0.1, -0.05) is 26.2 Å². The molecule has 84 valence electrons. The van der Waals surface area contributed by atoms with E-state index in [2.05, 4.69) is 18.3 Å². The molecule has 1 aliphatic carbocycles. The first-order valence-corrected chi connectivity index (χ1v) is 5.97. The van der Waals surface area contributed by atoms with Gasteiger partial charge >= 0.3 is 0 Å². The molecule has 0 spiro atoms. The summed E-state index contributed by atoms with van der Waals surface area (Å²) in [6.45, 7) is 2.38. The summed E-state index contributed by atoms with van der Waals surface area (Å²) in [6.07, 6.45) is 8.49. The molecule has 1 aromatic heterocycles. The summed E-state index contributed by atoms with van der Waals surface area (Å²) in [6, 6.07) is 4.43. The number of hydrogen-bond acceptors (Lipinski definition) is 2. The van der Waals surface area contributed by atoms with Gasteiger partial charge < -0.3 is 9.73 Å². The summed E-state index contributed by atoms with van der Waals surface area (Å²) >= 11 is 0. The quantitative estimate of drug-likeness (QED) is 0.820. The Kier molecular flexibility index (Phi) is 3.15. The molecule has 1 aromatic rings. The topological polar surface area (TPSA) is 25.2 Å². The smallest absolute Gasteiger partial charge is 0.121 e. The van der Waals surface area contributed by atoms with Crippen LogP contribution >= 0.6 is 0 Å². The molecule has 0 radical (unpaired) electrons. The molecule has 0 bridgehead atoms. The Morgan fingerprint density at radius 1 is 1.33 bits per heavy atom. The third-order valence-corrected chi connectivity index (χ3v) is 3.81. The minimum absolute atomic E-state index is 0.366. The zero-order chi connectivity index (χ0) is 10.7. The molecule has 2 heteroatoms. The van der Waals surface area contributed by atoms with Crippen LogP contribution in [0, 0.1) is 5.41 Å². The van der Waals surface area contributed by atoms with Crippen molar-refractivity contribution in [3.63, 3.8) is 0 Å². The van der Waals surface area contributed by atoms with Gasteiger partial charge in [0.1, 0.15) is 5.76 Å². The van der Waals surface area contributed by atoms with Crippen molar-refractivity contribution in [3.05, 3.63) is 24.2 Å². The van der Waals surface area contributed by atoms with Crippen LogP contribution in [-0.4, -0.2) is 7.05 Å². The van der Waals surface area contributed by atoms with Gasteiger partial charge in [0, 0.05) is 0 Å². The Morgan fingerprint density at radius 3 is 2.60 bits per heavy atom. The van der Waals surface area contributed by atoms with Crippen molar-refractivity contribution in [2.24, 2.45) is 5.41 Å². The lowest BCUT2D eigenvalue weighted by atomic mass is 9.70. The Hall–Kier alpha value is -0.760. The predicted octanol–water partition coefficient (Wildman–Crippen LogP) is 3.51. The highest BCUT2D eigenvalue weighted by atomic mass is 16.3. The van der Waals surface area contributed by atoms with E-state index in [0.29, 0.717) is 11.5 Å². The first kappa shape index (κ1) is 10.7. The number of hydrogen-bond donors (Lipinski definition) is 1. The van der Waals surface area contributed by atoms with Crippen molar-refractivity contribution in [1.29, 1.82) is 0 Å². The fraction of sp³-hybridized carbons (Fsp3) is 0.692. The van der Waals surface area contributed by atoms with E-state index in [-0.39, 0.29) is 0 Å². The van der Waals surface area contributed by atoms with Gasteiger partial charge in [0.2, 0.25) is 0 Å². The van der Waals surface area contributed by atoms with E-state index in [4.69, 9.17) is 4.42 Å². The summed E-state index contributed by atoms with van der Waals surface area (Å²) < 4.78 is 5.54. The van der Waals surface area contributed by atoms with Gasteiger partial charge in [-0.25, -0.2) is 0 Å². The van der Waals surface area contributed by atoms with Crippen LogP contribution in [0.3, 0.4) is 0 Å². The molecule has 0 aromatic carbocycles. The molecular formula is C13H21NO. The lowest BCUT2D eigenvalue weighted by molar-refractivity contribution is 0.134. The summed E-state index contributed by atoms with van der Waals surface area (Å²) in [5.74, 6) is 1.09. The molecule has 1 N–H and O–H groups in total. The van der Waals surface area contributed by atoms with Crippen molar-refractivity contribution in [2.75, 3.05) is 7.05 Å². The fourth-order valence-corrected chi connectivity index (χ4v) is 2.94. The van der Waals surface area contributed by atoms with Crippen LogP contribution in [0.4, 0.5) is 0 Å². The first-order valence-electron chi connectivity index (χ1n) is 5.97. The second-order valence-electron chi connectivity index (χ2n) is 4.95. The second-order valence-corrected chi connectivity index (χ2v) is 4.95. The van der Waals surface area contributed by atoms with E-state index < -0.39 is 0 Å². The average molecular weight is 207 g/mol. The monoisotopic (exact) mass is 207 g/mol. The molecule has 0 aliphatic heterocycles. The SMILES string of the molecule is CNC(c1ccco1)C1(C)CCCCC1. The molecule has 2 nitrogen and oxygen atoms in total. The average Bonchev–Trinajstić information content (AvgIpc) is 2.73. The highest BCUT2D eigenvalue weighted by molar-refractivity contribution is 5.09. The van der Waals surface area contributed by atoms with Gasteiger partial charge in [0.25, 0.3) is 0 Å². The summed E-state index contributed by atoms with van der Waals surface area (Å²) in [7, 11) is 2.03. The first-order chi connectivity index (χ1) is 7.26. The van der Waals surface area contributed by atoms with Crippen molar-refractivity contribution in [1.82, 2.24) is 5.32 Å². The minimum Gasteiger partial charge on any atom is -0.468 e. The molecule has 0 saturated heterocycles. The lowest BCUT2D eigenvalue weighted by Crippen LogP contribution is -2.35. The fourth-order valence-electron chi connectivity index (χ4n) is 2.94. The zero-order valence-corrected chi connectivity index (χ0v) is 9.75. The van der Waals surface area contributed by atoms with Gasteiger partial charge in [0.15, 0.2) is 0 Å². The third kappa shape index (κ3) is 2.10. The van der Waals surface area contributed by atoms with Crippen LogP contribution in [0.2, 0.25) is 0 Å². The van der Waals surface area contributed by atoms with Gasteiger partial charge in [-0.2, -0.15) is 0 Å². The molecule has 1 aliphatic rings. The minimum atomic E-state index is 0.366. The Labute approximate surface area is 92.1 Å². The van der Waals surface area contributed by atoms with Crippen LogP contribution in [0.1, 0.15) is 50.8 Å². The molecule has 1 fully saturated rings. The van der Waals surface area contributed by atoms with Gasteiger partial charge in [-0.05, 0) is 37.4 Å². The molecular weight excluding hydrogens is 186 g/mol. The molecule has 15 heavy (non-hydrogen) atoms. The Balaban J connectivity index is 2.18. The van der Waals surface area contributed by atoms with E-state index in [0.717, 1.165) is 5.76 Å². The van der Waals surface area contributed by atoms with Crippen molar-refractivity contribution >= 4 is 0 Å². The highest BCUT2D eigenvalue weighted by Crippen LogP contribution is 2.45. The van der Waals surface area contributed by atoms with Crippen LogP contribution in [0.5, 0.6) is 0 Å². The van der Waals surface area contributed by atoms with Gasteiger partial charge in [-0.3, -0.25) is 0 Å². The second kappa shape index (κ2) is 4.40. The number of furan rings is 1. The molecule has 1 saturated carbocycles. The Bertz CT molecular complexity index is 285. The third-order valence-electron chi connectivity index (χ3n) is 3.81. The molecule has 1 heterocycles. The van der Waals surface area contributed by atoms with E-state index in [1.807, 2.05) is 13.1 Å². The molecule has 2 rings (SSSR count). The van der Waals surface area contributed by atoms with Crippen LogP contribution < -0.4 is 5.32 Å². The Morgan fingerprint density at radius 2 is 2.07 bits per heavy atom. The summed E-state index contributed by atoms with van der Waals surface area (Å²) in [4.78, 5) is 0. The van der Waals surface area contributed by atoms with E-state index in [1.165, 1.54) is 32.1 Å². The molecule has 1 atom stereocenters. The van der Waals surface area contributed by atoms with Gasteiger partial charge in [0.05, 0.1) is 12.3 Å². The predicted molar refractivity (Wildman–Crippen MR) is 61.7 cm³/mol. The van der Waals surface area contributed by atoms with E-state index >= 15 is 0 Å². The molecule has 1 unspecified atom stereocenters. The number of rotatable bonds is 3. The van der Waals surface area contributed by atoms with Crippen molar-refractivity contribution < 1.29 is 4.42 Å². The van der Waals surface area contributed by atoms with Crippen LogP contribution in [-0.2, 0) is 0 Å².